The normalized spacial score (nSPS) is 11.0. The van der Waals surface area contributed by atoms with Gasteiger partial charge in [-0.15, -0.1) is 0 Å². The summed E-state index contributed by atoms with van der Waals surface area (Å²) in [5.74, 6) is -0.188. The SMILES string of the molecule is Cc1c(O)c(O)n(CCCn2ccnc2)c1-c1ccccn1. The molecule has 0 aliphatic heterocycles. The van der Waals surface area contributed by atoms with Crippen LogP contribution in [0.4, 0.5) is 0 Å². The van der Waals surface area contributed by atoms with E-state index in [0.29, 0.717) is 12.1 Å². The van der Waals surface area contributed by atoms with Gasteiger partial charge in [0.05, 0.1) is 17.7 Å². The summed E-state index contributed by atoms with van der Waals surface area (Å²) in [6.45, 7) is 3.15. The first-order chi connectivity index (χ1) is 10.7. The van der Waals surface area contributed by atoms with E-state index in [1.165, 1.54) is 0 Å². The summed E-state index contributed by atoms with van der Waals surface area (Å²) in [6.07, 6.45) is 7.90. The van der Waals surface area contributed by atoms with Crippen LogP contribution < -0.4 is 0 Å². The van der Waals surface area contributed by atoms with E-state index in [1.807, 2.05) is 29.0 Å². The molecule has 6 nitrogen and oxygen atoms in total. The molecule has 0 saturated carbocycles. The Hall–Kier alpha value is -2.76. The van der Waals surface area contributed by atoms with Crippen molar-refractivity contribution in [2.75, 3.05) is 0 Å². The van der Waals surface area contributed by atoms with Crippen molar-refractivity contribution in [2.45, 2.75) is 26.4 Å². The molecule has 0 aromatic carbocycles. The molecule has 0 atom stereocenters. The van der Waals surface area contributed by atoms with Crippen LogP contribution in [0.25, 0.3) is 11.4 Å². The Morgan fingerprint density at radius 3 is 2.68 bits per heavy atom. The summed E-state index contributed by atoms with van der Waals surface area (Å²) >= 11 is 0. The lowest BCUT2D eigenvalue weighted by molar-refractivity contribution is 0.367. The monoisotopic (exact) mass is 298 g/mol. The molecule has 2 N–H and O–H groups in total. The molecule has 3 aromatic rings. The Bertz CT molecular complexity index is 748. The number of hydrogen-bond acceptors (Lipinski definition) is 4. The van der Waals surface area contributed by atoms with Gasteiger partial charge in [-0.05, 0) is 25.5 Å². The predicted octanol–water partition coefficient (Wildman–Crippen LogP) is 2.56. The van der Waals surface area contributed by atoms with E-state index >= 15 is 0 Å². The van der Waals surface area contributed by atoms with E-state index in [1.54, 1.807) is 30.2 Å². The van der Waals surface area contributed by atoms with Crippen molar-refractivity contribution in [1.82, 2.24) is 19.1 Å². The third-order valence-electron chi connectivity index (χ3n) is 3.71. The number of hydrogen-bond donors (Lipinski definition) is 2. The van der Waals surface area contributed by atoms with Gasteiger partial charge in [0.2, 0.25) is 5.88 Å². The maximum atomic E-state index is 10.2. The van der Waals surface area contributed by atoms with E-state index < -0.39 is 0 Å². The topological polar surface area (TPSA) is 76.1 Å². The molecule has 0 aliphatic carbocycles. The lowest BCUT2D eigenvalue weighted by atomic mass is 10.2. The van der Waals surface area contributed by atoms with Crippen molar-refractivity contribution in [2.24, 2.45) is 0 Å². The summed E-state index contributed by atoms with van der Waals surface area (Å²) in [4.78, 5) is 8.33. The van der Waals surface area contributed by atoms with E-state index in [2.05, 4.69) is 9.97 Å². The Morgan fingerprint density at radius 2 is 2.00 bits per heavy atom. The van der Waals surface area contributed by atoms with Crippen molar-refractivity contribution in [3.8, 4) is 23.0 Å². The van der Waals surface area contributed by atoms with E-state index in [4.69, 9.17) is 0 Å². The highest BCUT2D eigenvalue weighted by Gasteiger charge is 2.20. The molecule has 6 heteroatoms. The molecule has 114 valence electrons. The second-order valence-corrected chi connectivity index (χ2v) is 5.17. The van der Waals surface area contributed by atoms with Crippen LogP contribution >= 0.6 is 0 Å². The van der Waals surface area contributed by atoms with Crippen molar-refractivity contribution >= 4 is 0 Å². The Balaban J connectivity index is 1.88. The third kappa shape index (κ3) is 2.55. The van der Waals surface area contributed by atoms with E-state index in [9.17, 15) is 10.2 Å². The number of aromatic hydroxyl groups is 2. The summed E-state index contributed by atoms with van der Waals surface area (Å²) in [6, 6.07) is 5.59. The third-order valence-corrected chi connectivity index (χ3v) is 3.71. The quantitative estimate of drug-likeness (QED) is 0.759. The zero-order chi connectivity index (χ0) is 15.5. The zero-order valence-electron chi connectivity index (χ0n) is 12.3. The maximum absolute atomic E-state index is 10.2. The number of aromatic nitrogens is 4. The van der Waals surface area contributed by atoms with E-state index in [-0.39, 0.29) is 11.6 Å². The fourth-order valence-electron chi connectivity index (χ4n) is 2.60. The van der Waals surface area contributed by atoms with Crippen molar-refractivity contribution < 1.29 is 10.2 Å². The molecule has 0 fully saturated rings. The maximum Gasteiger partial charge on any atom is 0.235 e. The zero-order valence-corrected chi connectivity index (χ0v) is 12.3. The van der Waals surface area contributed by atoms with Gasteiger partial charge in [-0.3, -0.25) is 4.98 Å². The van der Waals surface area contributed by atoms with Crippen molar-refractivity contribution in [1.29, 1.82) is 0 Å². The van der Waals surface area contributed by atoms with Crippen LogP contribution in [0.5, 0.6) is 11.6 Å². The number of nitrogens with zero attached hydrogens (tertiary/aromatic N) is 4. The summed E-state index contributed by atoms with van der Waals surface area (Å²) in [7, 11) is 0. The van der Waals surface area contributed by atoms with Gasteiger partial charge in [0, 0.05) is 37.2 Å². The van der Waals surface area contributed by atoms with Crippen molar-refractivity contribution in [3.05, 3.63) is 48.7 Å². The molecule has 0 spiro atoms. The summed E-state index contributed by atoms with van der Waals surface area (Å²) in [5, 5.41) is 20.2. The number of aryl methyl sites for hydroxylation is 1. The molecule has 3 rings (SSSR count). The number of imidazole rings is 1. The molecular weight excluding hydrogens is 280 g/mol. The Labute approximate surface area is 128 Å². The number of pyridine rings is 1. The van der Waals surface area contributed by atoms with Crippen LogP contribution in [-0.4, -0.2) is 29.3 Å². The highest BCUT2D eigenvalue weighted by atomic mass is 16.3. The largest absolute Gasteiger partial charge is 0.503 e. The Kier molecular flexibility index (Phi) is 3.82. The fourth-order valence-corrected chi connectivity index (χ4v) is 2.60. The molecule has 0 radical (unpaired) electrons. The van der Waals surface area contributed by atoms with Crippen LogP contribution in [0.15, 0.2) is 43.1 Å². The van der Waals surface area contributed by atoms with Gasteiger partial charge >= 0.3 is 0 Å². The summed E-state index contributed by atoms with van der Waals surface area (Å²) in [5.41, 5.74) is 2.12. The van der Waals surface area contributed by atoms with Crippen LogP contribution in [0.3, 0.4) is 0 Å². The minimum atomic E-state index is -0.108. The minimum Gasteiger partial charge on any atom is -0.503 e. The van der Waals surface area contributed by atoms with Gasteiger partial charge in [0.15, 0.2) is 5.75 Å². The molecule has 3 heterocycles. The van der Waals surface area contributed by atoms with E-state index in [0.717, 1.165) is 24.4 Å². The van der Waals surface area contributed by atoms with Gasteiger partial charge in [-0.2, -0.15) is 0 Å². The molecule has 0 aliphatic rings. The highest BCUT2D eigenvalue weighted by Crippen LogP contribution is 2.39. The van der Waals surface area contributed by atoms with Gasteiger partial charge in [-0.25, -0.2) is 4.98 Å². The molecule has 22 heavy (non-hydrogen) atoms. The van der Waals surface area contributed by atoms with Crippen LogP contribution in [0, 0.1) is 6.92 Å². The van der Waals surface area contributed by atoms with Gasteiger partial charge < -0.3 is 19.3 Å². The molecular formula is C16H18N4O2. The van der Waals surface area contributed by atoms with Gasteiger partial charge in [0.1, 0.15) is 0 Å². The smallest absolute Gasteiger partial charge is 0.235 e. The second kappa shape index (κ2) is 5.93. The first-order valence-electron chi connectivity index (χ1n) is 7.16. The average molecular weight is 298 g/mol. The lowest BCUT2D eigenvalue weighted by Crippen LogP contribution is -2.05. The average Bonchev–Trinajstić information content (AvgIpc) is 3.12. The van der Waals surface area contributed by atoms with Crippen LogP contribution in [0.1, 0.15) is 12.0 Å². The highest BCUT2D eigenvalue weighted by molar-refractivity contribution is 5.67. The molecule has 0 saturated heterocycles. The Morgan fingerprint density at radius 1 is 1.14 bits per heavy atom. The molecule has 0 unspecified atom stereocenters. The molecule has 0 amide bonds. The van der Waals surface area contributed by atoms with Gasteiger partial charge in [-0.1, -0.05) is 6.07 Å². The minimum absolute atomic E-state index is 0.0803. The van der Waals surface area contributed by atoms with Gasteiger partial charge in [0.25, 0.3) is 0 Å². The number of rotatable bonds is 5. The lowest BCUT2D eigenvalue weighted by Gasteiger charge is -2.11. The molecule has 0 bridgehead atoms. The summed E-state index contributed by atoms with van der Waals surface area (Å²) < 4.78 is 3.69. The molecule has 3 aromatic heterocycles. The predicted molar refractivity (Wildman–Crippen MR) is 82.6 cm³/mol. The first-order valence-corrected chi connectivity index (χ1v) is 7.16. The van der Waals surface area contributed by atoms with Crippen LogP contribution in [0.2, 0.25) is 0 Å². The standard InChI is InChI=1S/C16H18N4O2/c1-12-14(13-5-2-3-6-18-13)20(16(22)15(12)21)9-4-8-19-10-7-17-11-19/h2-3,5-7,10-11,21-22H,4,8-9H2,1H3. The first kappa shape index (κ1) is 14.2. The fraction of sp³-hybridized carbons (Fsp3) is 0.250. The second-order valence-electron chi connectivity index (χ2n) is 5.17. The van der Waals surface area contributed by atoms with Crippen LogP contribution in [-0.2, 0) is 13.1 Å². The van der Waals surface area contributed by atoms with Crippen molar-refractivity contribution in [3.63, 3.8) is 0 Å².